The Hall–Kier alpha value is -0.980. The van der Waals surface area contributed by atoms with Gasteiger partial charge in [-0.25, -0.2) is 0 Å². The normalized spacial score (nSPS) is 58.1. The predicted octanol–water partition coefficient (Wildman–Crippen LogP) is -1.24. The number of fused-ring (bicyclic) bond motifs is 7. The van der Waals surface area contributed by atoms with Gasteiger partial charge in [-0.3, -0.25) is 5.32 Å². The van der Waals surface area contributed by atoms with Crippen LogP contribution in [0.2, 0.25) is 0 Å². The van der Waals surface area contributed by atoms with E-state index in [1.807, 2.05) is 0 Å². The second kappa shape index (κ2) is 17.5. The van der Waals surface area contributed by atoms with E-state index in [9.17, 15) is 51.1 Å². The molecule has 3 saturated carbocycles. The topological polar surface area (TPSA) is 279 Å². The SMILES string of the molecule is C[C@@H]1O[C@@H](O[C@H]2[C@H](O[C@H]3CC[C@@]4(C)C(=CC[C@H]5[C@@H]6C[C@@H]7O[C@]8(CC[C@@H](CO)CN8)[C@@H](C)[C@@H]7[C@@]6(C)[C@H](O)C[C@@H]54)C3)O[C@H](CO)[C@@H](O[C@@H]3O[C@@H](C)[C@H](O)[C@@H](O)[C@H]3O)[C@@H]2O)[C@H](O)[C@H](O)[C@H]1O. The van der Waals surface area contributed by atoms with Crippen molar-refractivity contribution in [1.82, 2.24) is 5.32 Å². The molecule has 8 fully saturated rings. The number of allylic oxidation sites excluding steroid dienone is 1. The van der Waals surface area contributed by atoms with E-state index in [-0.39, 0.29) is 53.1 Å². The lowest BCUT2D eigenvalue weighted by molar-refractivity contribution is -0.388. The summed E-state index contributed by atoms with van der Waals surface area (Å²) in [4.78, 5) is 0. The van der Waals surface area contributed by atoms with Crippen molar-refractivity contribution in [3.8, 4) is 0 Å². The summed E-state index contributed by atoms with van der Waals surface area (Å²) in [6.07, 6.45) is -14.3. The highest BCUT2D eigenvalue weighted by Crippen LogP contribution is 2.70. The largest absolute Gasteiger partial charge is 0.396 e. The van der Waals surface area contributed by atoms with Crippen LogP contribution in [0.5, 0.6) is 0 Å². The van der Waals surface area contributed by atoms with Crippen molar-refractivity contribution in [2.45, 2.75) is 202 Å². The Balaban J connectivity index is 0.922. The molecule has 11 N–H and O–H groups in total. The zero-order valence-corrected chi connectivity index (χ0v) is 37.0. The van der Waals surface area contributed by atoms with Gasteiger partial charge in [0.05, 0.1) is 37.1 Å². The maximum atomic E-state index is 12.3. The molecule has 5 saturated heterocycles. The van der Waals surface area contributed by atoms with E-state index >= 15 is 0 Å². The molecule has 4 aliphatic carbocycles. The Bertz CT molecular complexity index is 1650. The summed E-state index contributed by atoms with van der Waals surface area (Å²) in [6, 6.07) is 0. The first kappa shape index (κ1) is 47.1. The van der Waals surface area contributed by atoms with Gasteiger partial charge in [-0.2, -0.15) is 0 Å². The number of ether oxygens (including phenoxy) is 7. The summed E-state index contributed by atoms with van der Waals surface area (Å²) < 4.78 is 43.5. The number of aliphatic hydroxyl groups is 10. The molecule has 0 aromatic heterocycles. The van der Waals surface area contributed by atoms with Gasteiger partial charge in [-0.05, 0) is 100 Å². The smallest absolute Gasteiger partial charge is 0.187 e. The lowest BCUT2D eigenvalue weighted by Gasteiger charge is -2.60. The molecule has 9 aliphatic rings. The molecule has 18 nitrogen and oxygen atoms in total. The fourth-order valence-electron chi connectivity index (χ4n) is 14.2. The predicted molar refractivity (Wildman–Crippen MR) is 218 cm³/mol. The van der Waals surface area contributed by atoms with Gasteiger partial charge in [-0.1, -0.05) is 32.4 Å². The fraction of sp³-hybridized carbons (Fsp3) is 0.956. The van der Waals surface area contributed by atoms with E-state index in [1.165, 1.54) is 19.4 Å². The van der Waals surface area contributed by atoms with Crippen molar-refractivity contribution >= 4 is 0 Å². The summed E-state index contributed by atoms with van der Waals surface area (Å²) in [5, 5.41) is 112. The van der Waals surface area contributed by atoms with E-state index < -0.39 is 117 Å². The van der Waals surface area contributed by atoms with Gasteiger partial charge in [-0.15, -0.1) is 0 Å². The first-order chi connectivity index (χ1) is 29.9. The highest BCUT2D eigenvalue weighted by Gasteiger charge is 2.71. The van der Waals surface area contributed by atoms with Crippen molar-refractivity contribution in [3.63, 3.8) is 0 Å². The number of hydrogen-bond acceptors (Lipinski definition) is 18. The van der Waals surface area contributed by atoms with Crippen LogP contribution in [-0.2, 0) is 33.2 Å². The van der Waals surface area contributed by atoms with Crippen LogP contribution >= 0.6 is 0 Å². The van der Waals surface area contributed by atoms with E-state index in [0.29, 0.717) is 25.2 Å². The van der Waals surface area contributed by atoms with Crippen molar-refractivity contribution in [1.29, 1.82) is 0 Å². The number of rotatable bonds is 8. The number of hydrogen-bond donors (Lipinski definition) is 11. The van der Waals surface area contributed by atoms with Gasteiger partial charge < -0.3 is 84.2 Å². The standard InChI is InChI=1S/C45H73NO17/c1-18-30-27(63-45(18)11-8-21(16-47)15-46-45)13-26-24-7-6-22-12-23(9-10-43(22,4)25(24)14-29(49)44(26,30)5)59-42-39(62-41-36(55)34(53)32(51)20(3)58-41)37(56)38(28(17-48)60-42)61-40-35(54)33(52)31(50)19(2)57-40/h6,18-21,23-42,46-56H,7-17H2,1-5H3/t18-,19-,20-,21+,23-,24+,25-,26-,27-,28+,29+,30-,31-,32-,33+,34+,35+,36+,37-,38+,39+,40-,41-,42+,43-,44+,45+/m0/s1. The van der Waals surface area contributed by atoms with E-state index in [4.69, 9.17) is 33.2 Å². The molecule has 0 radical (unpaired) electrons. The summed E-state index contributed by atoms with van der Waals surface area (Å²) >= 11 is 0. The van der Waals surface area contributed by atoms with Crippen molar-refractivity contribution < 1.29 is 84.2 Å². The van der Waals surface area contributed by atoms with E-state index in [2.05, 4.69) is 32.2 Å². The zero-order chi connectivity index (χ0) is 45.1. The van der Waals surface area contributed by atoms with Gasteiger partial charge in [0.2, 0.25) is 0 Å². The molecule has 360 valence electrons. The Kier molecular flexibility index (Phi) is 13.1. The fourth-order valence-corrected chi connectivity index (χ4v) is 14.2. The Morgan fingerprint density at radius 1 is 0.698 bits per heavy atom. The molecule has 0 amide bonds. The van der Waals surface area contributed by atoms with E-state index in [1.54, 1.807) is 0 Å². The van der Waals surface area contributed by atoms with Crippen molar-refractivity contribution in [2.24, 2.45) is 46.3 Å². The maximum absolute atomic E-state index is 12.3. The van der Waals surface area contributed by atoms with Crippen LogP contribution < -0.4 is 5.32 Å². The Labute approximate surface area is 368 Å². The molecule has 5 heterocycles. The monoisotopic (exact) mass is 899 g/mol. The third kappa shape index (κ3) is 7.62. The second-order valence-electron chi connectivity index (χ2n) is 21.2. The van der Waals surface area contributed by atoms with Crippen LogP contribution in [0.15, 0.2) is 11.6 Å². The van der Waals surface area contributed by atoms with Gasteiger partial charge in [0.25, 0.3) is 0 Å². The summed E-state index contributed by atoms with van der Waals surface area (Å²) in [6.45, 7) is 10.1. The van der Waals surface area contributed by atoms with E-state index in [0.717, 1.165) is 38.6 Å². The lowest BCUT2D eigenvalue weighted by Crippen LogP contribution is -2.66. The van der Waals surface area contributed by atoms with Gasteiger partial charge in [0, 0.05) is 24.5 Å². The number of nitrogens with one attached hydrogen (secondary N) is 1. The molecule has 18 heteroatoms. The highest BCUT2D eigenvalue weighted by atomic mass is 16.8. The Morgan fingerprint density at radius 2 is 1.35 bits per heavy atom. The van der Waals surface area contributed by atoms with Crippen LogP contribution in [0, 0.1) is 46.3 Å². The summed E-state index contributed by atoms with van der Waals surface area (Å²) in [7, 11) is 0. The molecule has 63 heavy (non-hydrogen) atoms. The molecule has 27 atom stereocenters. The van der Waals surface area contributed by atoms with Crippen LogP contribution in [0.3, 0.4) is 0 Å². The van der Waals surface area contributed by atoms with Crippen LogP contribution in [0.25, 0.3) is 0 Å². The van der Waals surface area contributed by atoms with Crippen LogP contribution in [-0.4, -0.2) is 187 Å². The quantitative estimate of drug-likeness (QED) is 0.127. The van der Waals surface area contributed by atoms with Gasteiger partial charge in [0.1, 0.15) is 66.8 Å². The second-order valence-corrected chi connectivity index (χ2v) is 21.2. The molecule has 9 rings (SSSR count). The summed E-state index contributed by atoms with van der Waals surface area (Å²) in [5.74, 6) is 1.56. The molecule has 0 aromatic carbocycles. The number of aliphatic hydroxyl groups excluding tert-OH is 10. The first-order valence-corrected chi connectivity index (χ1v) is 23.6. The maximum Gasteiger partial charge on any atom is 0.187 e. The Morgan fingerprint density at radius 3 is 1.95 bits per heavy atom. The van der Waals surface area contributed by atoms with Crippen molar-refractivity contribution in [2.75, 3.05) is 19.8 Å². The minimum Gasteiger partial charge on any atom is -0.396 e. The molecule has 5 aliphatic heterocycles. The molecule has 1 spiro atoms. The van der Waals surface area contributed by atoms with Crippen LogP contribution in [0.4, 0.5) is 0 Å². The summed E-state index contributed by atoms with van der Waals surface area (Å²) in [5.41, 5.74) is 0.298. The molecular weight excluding hydrogens is 826 g/mol. The van der Waals surface area contributed by atoms with Crippen LogP contribution in [0.1, 0.15) is 86.0 Å². The molecule has 0 unspecified atom stereocenters. The first-order valence-electron chi connectivity index (χ1n) is 23.6. The third-order valence-electron chi connectivity index (χ3n) is 18.1. The molecular formula is C45H73NO17. The third-order valence-corrected chi connectivity index (χ3v) is 18.1. The minimum atomic E-state index is -1.73. The molecule has 0 bridgehead atoms. The highest BCUT2D eigenvalue weighted by molar-refractivity contribution is 5.27. The minimum absolute atomic E-state index is 0.0534. The lowest BCUT2D eigenvalue weighted by atomic mass is 9.46. The van der Waals surface area contributed by atoms with Gasteiger partial charge >= 0.3 is 0 Å². The van der Waals surface area contributed by atoms with Crippen molar-refractivity contribution in [3.05, 3.63) is 11.6 Å². The zero-order valence-electron chi connectivity index (χ0n) is 37.0. The molecule has 0 aromatic rings. The number of piperidine rings is 1. The average Bonchev–Trinajstić information content (AvgIpc) is 3.71. The van der Waals surface area contributed by atoms with Gasteiger partial charge in [0.15, 0.2) is 18.9 Å². The average molecular weight is 900 g/mol.